The smallest absolute Gasteiger partial charge is 0.276 e. The van der Waals surface area contributed by atoms with Gasteiger partial charge in [-0.1, -0.05) is 17.4 Å². The number of pyridine rings is 1. The van der Waals surface area contributed by atoms with E-state index in [9.17, 15) is 9.18 Å². The number of carbonyl (C=O) groups excluding carboxylic acids is 1. The Hall–Kier alpha value is -2.34. The van der Waals surface area contributed by atoms with Crippen molar-refractivity contribution in [1.82, 2.24) is 9.97 Å². The molecular formula is C14H10FN3OS. The lowest BCUT2D eigenvalue weighted by Gasteiger charge is -1.99. The minimum absolute atomic E-state index is 0.154. The van der Waals surface area contributed by atoms with Crippen molar-refractivity contribution in [3.8, 4) is 0 Å². The highest BCUT2D eigenvalue weighted by Crippen LogP contribution is 2.26. The summed E-state index contributed by atoms with van der Waals surface area (Å²) in [5.41, 5.74) is 2.13. The second kappa shape index (κ2) is 4.97. The van der Waals surface area contributed by atoms with Crippen LogP contribution < -0.4 is 5.32 Å². The molecule has 6 heteroatoms. The van der Waals surface area contributed by atoms with Crippen molar-refractivity contribution in [3.63, 3.8) is 0 Å². The maximum atomic E-state index is 12.7. The summed E-state index contributed by atoms with van der Waals surface area (Å²) in [5, 5.41) is 3.17. The zero-order chi connectivity index (χ0) is 14.1. The van der Waals surface area contributed by atoms with Crippen molar-refractivity contribution >= 4 is 32.6 Å². The van der Waals surface area contributed by atoms with E-state index in [2.05, 4.69) is 15.3 Å². The number of aryl methyl sites for hydroxylation is 1. The number of carbonyl (C=O) groups is 1. The highest BCUT2D eigenvalue weighted by Gasteiger charge is 2.11. The van der Waals surface area contributed by atoms with Gasteiger partial charge in [0.05, 0.1) is 16.4 Å². The van der Waals surface area contributed by atoms with Gasteiger partial charge >= 0.3 is 0 Å². The maximum absolute atomic E-state index is 12.7. The lowest BCUT2D eigenvalue weighted by Crippen LogP contribution is -2.13. The predicted molar refractivity (Wildman–Crippen MR) is 76.5 cm³/mol. The van der Waals surface area contributed by atoms with Crippen LogP contribution in [0.1, 0.15) is 16.1 Å². The van der Waals surface area contributed by atoms with Crippen molar-refractivity contribution in [2.75, 3.05) is 5.32 Å². The Morgan fingerprint density at radius 3 is 2.90 bits per heavy atom. The van der Waals surface area contributed by atoms with Crippen molar-refractivity contribution < 1.29 is 9.18 Å². The summed E-state index contributed by atoms with van der Waals surface area (Å²) in [6.45, 7) is 2.00. The van der Waals surface area contributed by atoms with Crippen LogP contribution in [0.3, 0.4) is 0 Å². The summed E-state index contributed by atoms with van der Waals surface area (Å²) >= 11 is 1.39. The molecule has 1 aromatic carbocycles. The molecule has 0 unspecified atom stereocenters. The van der Waals surface area contributed by atoms with Crippen molar-refractivity contribution in [2.45, 2.75) is 6.92 Å². The monoisotopic (exact) mass is 287 g/mol. The second-order valence-electron chi connectivity index (χ2n) is 4.31. The van der Waals surface area contributed by atoms with Crippen LogP contribution in [0.5, 0.6) is 0 Å². The lowest BCUT2D eigenvalue weighted by molar-refractivity contribution is 0.102. The topological polar surface area (TPSA) is 54.9 Å². The first kappa shape index (κ1) is 12.7. The molecule has 3 aromatic rings. The third kappa shape index (κ3) is 2.50. The zero-order valence-electron chi connectivity index (χ0n) is 10.6. The Morgan fingerprint density at radius 2 is 2.15 bits per heavy atom. The molecule has 20 heavy (non-hydrogen) atoms. The maximum Gasteiger partial charge on any atom is 0.276 e. The fraction of sp³-hybridized carbons (Fsp3) is 0.0714. The van der Waals surface area contributed by atoms with Crippen LogP contribution in [0.4, 0.5) is 9.52 Å². The number of hydrogen-bond acceptors (Lipinski definition) is 4. The quantitative estimate of drug-likeness (QED) is 0.786. The largest absolute Gasteiger partial charge is 0.296 e. The van der Waals surface area contributed by atoms with Gasteiger partial charge in [-0.3, -0.25) is 10.1 Å². The summed E-state index contributed by atoms with van der Waals surface area (Å²) in [6.07, 6.45) is 1.01. The van der Waals surface area contributed by atoms with E-state index < -0.39 is 11.7 Å². The van der Waals surface area contributed by atoms with E-state index in [1.54, 1.807) is 0 Å². The summed E-state index contributed by atoms with van der Waals surface area (Å²) in [7, 11) is 0. The van der Waals surface area contributed by atoms with Crippen molar-refractivity contribution in [2.24, 2.45) is 0 Å². The Bertz CT molecular complexity index is 783. The molecule has 0 spiro atoms. The average Bonchev–Trinajstić information content (AvgIpc) is 2.80. The Labute approximate surface area is 118 Å². The molecule has 100 valence electrons. The minimum Gasteiger partial charge on any atom is -0.296 e. The number of amides is 1. The van der Waals surface area contributed by atoms with Crippen LogP contribution in [0.15, 0.2) is 36.5 Å². The van der Waals surface area contributed by atoms with Gasteiger partial charge in [-0.05, 0) is 36.8 Å². The molecule has 2 aromatic heterocycles. The number of nitrogens with zero attached hydrogens (tertiary/aromatic N) is 2. The van der Waals surface area contributed by atoms with Gasteiger partial charge in [0, 0.05) is 0 Å². The standard InChI is InChI=1S/C14H10FN3OS/c1-8-2-4-10-12(6-8)20-14(17-10)18-13(19)11-5-3-9(15)7-16-11/h2-7H,1H3,(H,17,18,19). The summed E-state index contributed by atoms with van der Waals surface area (Å²) < 4.78 is 13.8. The number of thiazole rings is 1. The molecule has 0 bridgehead atoms. The minimum atomic E-state index is -0.475. The number of rotatable bonds is 2. The molecule has 0 aliphatic carbocycles. The molecule has 3 rings (SSSR count). The molecular weight excluding hydrogens is 277 g/mol. The Balaban J connectivity index is 1.85. The van der Waals surface area contributed by atoms with E-state index in [1.807, 2.05) is 25.1 Å². The van der Waals surface area contributed by atoms with Crippen LogP contribution in [-0.2, 0) is 0 Å². The molecule has 0 fully saturated rings. The zero-order valence-corrected chi connectivity index (χ0v) is 11.4. The molecule has 1 N–H and O–H groups in total. The Morgan fingerprint density at radius 1 is 1.30 bits per heavy atom. The van der Waals surface area contributed by atoms with E-state index >= 15 is 0 Å². The van der Waals surface area contributed by atoms with E-state index in [0.29, 0.717) is 5.13 Å². The summed E-state index contributed by atoms with van der Waals surface area (Å²) in [6, 6.07) is 8.42. The second-order valence-corrected chi connectivity index (χ2v) is 5.34. The number of fused-ring (bicyclic) bond motifs is 1. The highest BCUT2D eigenvalue weighted by atomic mass is 32.1. The number of benzene rings is 1. The molecule has 4 nitrogen and oxygen atoms in total. The van der Waals surface area contributed by atoms with Gasteiger partial charge in [-0.2, -0.15) is 0 Å². The first-order valence-electron chi connectivity index (χ1n) is 5.92. The molecule has 2 heterocycles. The number of aromatic nitrogens is 2. The summed E-state index contributed by atoms with van der Waals surface area (Å²) in [4.78, 5) is 20.0. The Kier molecular flexibility index (Phi) is 3.15. The molecule has 0 saturated heterocycles. The van der Waals surface area contributed by atoms with Gasteiger partial charge in [0.15, 0.2) is 5.13 Å². The predicted octanol–water partition coefficient (Wildman–Crippen LogP) is 3.39. The summed E-state index contributed by atoms with van der Waals surface area (Å²) in [5.74, 6) is -0.877. The average molecular weight is 287 g/mol. The first-order chi connectivity index (χ1) is 9.61. The molecule has 0 radical (unpaired) electrons. The highest BCUT2D eigenvalue weighted by molar-refractivity contribution is 7.22. The van der Waals surface area contributed by atoms with Crippen LogP contribution in [0, 0.1) is 12.7 Å². The SMILES string of the molecule is Cc1ccc2nc(NC(=O)c3ccc(F)cn3)sc2c1. The third-order valence-electron chi connectivity index (χ3n) is 2.72. The third-order valence-corrected chi connectivity index (χ3v) is 3.66. The van der Waals surface area contributed by atoms with Crippen molar-refractivity contribution in [3.05, 3.63) is 53.6 Å². The van der Waals surface area contributed by atoms with Crippen LogP contribution in [0.25, 0.3) is 10.2 Å². The van der Waals surface area contributed by atoms with Gasteiger partial charge in [-0.15, -0.1) is 0 Å². The van der Waals surface area contributed by atoms with Gasteiger partial charge in [-0.25, -0.2) is 14.4 Å². The lowest BCUT2D eigenvalue weighted by atomic mass is 10.2. The molecule has 1 amide bonds. The number of halogens is 1. The number of hydrogen-bond donors (Lipinski definition) is 1. The first-order valence-corrected chi connectivity index (χ1v) is 6.73. The van der Waals surface area contributed by atoms with Gasteiger partial charge in [0.25, 0.3) is 5.91 Å². The molecule has 0 saturated carbocycles. The van der Waals surface area contributed by atoms with Crippen molar-refractivity contribution in [1.29, 1.82) is 0 Å². The fourth-order valence-corrected chi connectivity index (χ4v) is 2.72. The molecule has 0 atom stereocenters. The normalized spacial score (nSPS) is 10.7. The van der Waals surface area contributed by atoms with Crippen LogP contribution >= 0.6 is 11.3 Å². The van der Waals surface area contributed by atoms with E-state index in [1.165, 1.54) is 23.5 Å². The van der Waals surface area contributed by atoms with Crippen LogP contribution in [-0.4, -0.2) is 15.9 Å². The van der Waals surface area contributed by atoms with Gasteiger partial charge < -0.3 is 0 Å². The van der Waals surface area contributed by atoms with E-state index in [-0.39, 0.29) is 5.69 Å². The van der Waals surface area contributed by atoms with Gasteiger partial charge in [0.2, 0.25) is 0 Å². The van der Waals surface area contributed by atoms with E-state index in [0.717, 1.165) is 22.0 Å². The number of nitrogens with one attached hydrogen (secondary N) is 1. The van der Waals surface area contributed by atoms with Gasteiger partial charge in [0.1, 0.15) is 11.5 Å². The fourth-order valence-electron chi connectivity index (χ4n) is 1.76. The number of anilines is 1. The molecule has 0 aliphatic heterocycles. The van der Waals surface area contributed by atoms with Crippen LogP contribution in [0.2, 0.25) is 0 Å². The van der Waals surface area contributed by atoms with E-state index in [4.69, 9.17) is 0 Å². The molecule has 0 aliphatic rings.